The van der Waals surface area contributed by atoms with Crippen LogP contribution in [-0.4, -0.2) is 5.11 Å². The molecule has 0 fully saturated rings. The van der Waals surface area contributed by atoms with Crippen LogP contribution in [0.2, 0.25) is 0 Å². The van der Waals surface area contributed by atoms with Gasteiger partial charge in [0.25, 0.3) is 0 Å². The van der Waals surface area contributed by atoms with Crippen molar-refractivity contribution in [2.75, 3.05) is 0 Å². The van der Waals surface area contributed by atoms with Gasteiger partial charge in [-0.3, -0.25) is 0 Å². The Morgan fingerprint density at radius 3 is 1.76 bits per heavy atom. The van der Waals surface area contributed by atoms with Gasteiger partial charge in [-0.15, -0.1) is 0 Å². The van der Waals surface area contributed by atoms with E-state index in [1.807, 2.05) is 30.3 Å². The van der Waals surface area contributed by atoms with Gasteiger partial charge in [-0.05, 0) is 48.0 Å². The van der Waals surface area contributed by atoms with E-state index in [0.29, 0.717) is 0 Å². The van der Waals surface area contributed by atoms with E-state index >= 15 is 0 Å². The number of phenolic OH excluding ortho intramolecular Hbond substituents is 1. The average Bonchev–Trinajstić information content (AvgIpc) is 2.92. The molecule has 2 heterocycles. The van der Waals surface area contributed by atoms with E-state index in [9.17, 15) is 5.11 Å². The summed E-state index contributed by atoms with van der Waals surface area (Å²) >= 11 is 0. The summed E-state index contributed by atoms with van der Waals surface area (Å²) in [5.41, 5.74) is 4.90. The standard InChI is InChI=1S/C34H22O3/c1-20-10-14-24-21(18-20)11-16-28-32(24)37-33-25-15-13-23(35)19-22(25)12-17-29(33)34(28)26-6-2-4-8-30(26)36-31-9-5-3-7-27(31)34/h2-19,35H,1H3. The molecule has 0 unspecified atom stereocenters. The number of hydrogen-bond donors (Lipinski definition) is 1. The number of hydrogen-bond acceptors (Lipinski definition) is 3. The molecule has 176 valence electrons. The molecule has 0 radical (unpaired) electrons. The third-order valence-corrected chi connectivity index (χ3v) is 7.89. The number of rotatable bonds is 0. The summed E-state index contributed by atoms with van der Waals surface area (Å²) in [5, 5.41) is 14.3. The minimum Gasteiger partial charge on any atom is -0.508 e. The third-order valence-electron chi connectivity index (χ3n) is 7.89. The Hall–Kier alpha value is -4.76. The predicted molar refractivity (Wildman–Crippen MR) is 146 cm³/mol. The molecule has 0 aliphatic carbocycles. The highest BCUT2D eigenvalue weighted by atomic mass is 16.5. The Morgan fingerprint density at radius 1 is 0.541 bits per heavy atom. The molecular weight excluding hydrogens is 456 g/mol. The molecule has 8 rings (SSSR count). The number of fused-ring (bicyclic) bond motifs is 12. The van der Waals surface area contributed by atoms with Crippen molar-refractivity contribution >= 4 is 21.5 Å². The molecule has 1 N–H and O–H groups in total. The van der Waals surface area contributed by atoms with Crippen molar-refractivity contribution in [3.05, 3.63) is 137 Å². The number of aromatic hydroxyl groups is 1. The van der Waals surface area contributed by atoms with Crippen LogP contribution < -0.4 is 9.47 Å². The molecule has 3 heteroatoms. The van der Waals surface area contributed by atoms with Crippen LogP contribution in [0.1, 0.15) is 27.8 Å². The second kappa shape index (κ2) is 7.14. The van der Waals surface area contributed by atoms with Gasteiger partial charge >= 0.3 is 0 Å². The molecule has 6 aromatic rings. The summed E-state index contributed by atoms with van der Waals surface area (Å²) in [6.07, 6.45) is 0. The Labute approximate surface area is 214 Å². The smallest absolute Gasteiger partial charge is 0.140 e. The molecule has 0 bridgehead atoms. The molecule has 1 spiro atoms. The maximum atomic E-state index is 10.2. The highest BCUT2D eigenvalue weighted by molar-refractivity contribution is 5.98. The van der Waals surface area contributed by atoms with E-state index in [1.165, 1.54) is 5.56 Å². The van der Waals surface area contributed by atoms with Crippen molar-refractivity contribution in [2.24, 2.45) is 0 Å². The zero-order valence-electron chi connectivity index (χ0n) is 20.2. The van der Waals surface area contributed by atoms with E-state index in [2.05, 4.69) is 73.7 Å². The zero-order chi connectivity index (χ0) is 24.7. The zero-order valence-corrected chi connectivity index (χ0v) is 20.2. The number of benzene rings is 6. The number of ether oxygens (including phenoxy) is 2. The van der Waals surface area contributed by atoms with Crippen LogP contribution in [-0.2, 0) is 5.41 Å². The second-order valence-corrected chi connectivity index (χ2v) is 9.96. The molecule has 6 aromatic carbocycles. The van der Waals surface area contributed by atoms with Crippen molar-refractivity contribution in [3.63, 3.8) is 0 Å². The summed E-state index contributed by atoms with van der Waals surface area (Å²) in [5.74, 6) is 3.59. The largest absolute Gasteiger partial charge is 0.508 e. The van der Waals surface area contributed by atoms with E-state index < -0.39 is 5.41 Å². The van der Waals surface area contributed by atoms with Crippen LogP contribution in [0.4, 0.5) is 0 Å². The highest BCUT2D eigenvalue weighted by Gasteiger charge is 2.51. The maximum absolute atomic E-state index is 10.2. The molecule has 2 aliphatic heterocycles. The van der Waals surface area contributed by atoms with Gasteiger partial charge in [0.1, 0.15) is 28.7 Å². The van der Waals surface area contributed by atoms with E-state index in [4.69, 9.17) is 9.47 Å². The van der Waals surface area contributed by atoms with Crippen molar-refractivity contribution in [1.29, 1.82) is 0 Å². The first-order valence-electron chi connectivity index (χ1n) is 12.5. The monoisotopic (exact) mass is 478 g/mol. The quantitative estimate of drug-likeness (QED) is 0.237. The minimum atomic E-state index is -0.639. The van der Waals surface area contributed by atoms with Crippen molar-refractivity contribution in [3.8, 4) is 28.7 Å². The average molecular weight is 479 g/mol. The number of phenols is 1. The summed E-state index contributed by atoms with van der Waals surface area (Å²) in [6, 6.07) is 37.3. The molecule has 0 aromatic heterocycles. The van der Waals surface area contributed by atoms with Crippen LogP contribution in [0, 0.1) is 6.92 Å². The van der Waals surface area contributed by atoms with E-state index in [0.717, 1.165) is 66.8 Å². The highest BCUT2D eigenvalue weighted by Crippen LogP contribution is 2.63. The molecule has 3 nitrogen and oxygen atoms in total. The fourth-order valence-electron chi connectivity index (χ4n) is 6.34. The molecule has 0 amide bonds. The Morgan fingerprint density at radius 2 is 1.11 bits per heavy atom. The predicted octanol–water partition coefficient (Wildman–Crippen LogP) is 8.60. The van der Waals surface area contributed by atoms with Gasteiger partial charge in [-0.1, -0.05) is 84.4 Å². The summed E-state index contributed by atoms with van der Waals surface area (Å²) < 4.78 is 13.4. The van der Waals surface area contributed by atoms with Gasteiger partial charge in [-0.25, -0.2) is 0 Å². The van der Waals surface area contributed by atoms with Crippen molar-refractivity contribution in [2.45, 2.75) is 12.3 Å². The van der Waals surface area contributed by atoms with Crippen LogP contribution in [0.3, 0.4) is 0 Å². The molecule has 0 atom stereocenters. The molecule has 37 heavy (non-hydrogen) atoms. The lowest BCUT2D eigenvalue weighted by Gasteiger charge is -2.45. The second-order valence-electron chi connectivity index (χ2n) is 9.96. The van der Waals surface area contributed by atoms with Crippen LogP contribution in [0.25, 0.3) is 21.5 Å². The van der Waals surface area contributed by atoms with Crippen LogP contribution in [0.15, 0.2) is 109 Å². The lowest BCUT2D eigenvalue weighted by molar-refractivity contribution is 0.404. The van der Waals surface area contributed by atoms with Gasteiger partial charge in [0.2, 0.25) is 0 Å². The summed E-state index contributed by atoms with van der Waals surface area (Å²) in [4.78, 5) is 0. The van der Waals surface area contributed by atoms with Gasteiger partial charge in [0.15, 0.2) is 0 Å². The lowest BCUT2D eigenvalue weighted by Crippen LogP contribution is -2.36. The molecule has 2 aliphatic rings. The van der Waals surface area contributed by atoms with Gasteiger partial charge in [-0.2, -0.15) is 0 Å². The minimum absolute atomic E-state index is 0.237. The maximum Gasteiger partial charge on any atom is 0.140 e. The fourth-order valence-corrected chi connectivity index (χ4v) is 6.34. The summed E-state index contributed by atoms with van der Waals surface area (Å²) in [7, 11) is 0. The molecular formula is C34H22O3. The van der Waals surface area contributed by atoms with Crippen molar-refractivity contribution in [1.82, 2.24) is 0 Å². The lowest BCUT2D eigenvalue weighted by atomic mass is 9.62. The Kier molecular flexibility index (Phi) is 3.95. The molecule has 0 saturated heterocycles. The third kappa shape index (κ3) is 2.61. The first kappa shape index (κ1) is 20.4. The Balaban J connectivity index is 1.61. The first-order valence-corrected chi connectivity index (χ1v) is 12.5. The SMILES string of the molecule is Cc1ccc2c3c(ccc2c1)C1(c2ccccc2Oc2ccccc21)c1ccc2cc(O)ccc2c1O3. The topological polar surface area (TPSA) is 38.7 Å². The van der Waals surface area contributed by atoms with Crippen molar-refractivity contribution < 1.29 is 14.6 Å². The Bertz CT molecular complexity index is 1780. The van der Waals surface area contributed by atoms with E-state index in [-0.39, 0.29) is 5.75 Å². The van der Waals surface area contributed by atoms with Gasteiger partial charge < -0.3 is 14.6 Å². The normalized spacial score (nSPS) is 14.3. The van der Waals surface area contributed by atoms with E-state index in [1.54, 1.807) is 12.1 Å². The van der Waals surface area contributed by atoms with Crippen LogP contribution in [0.5, 0.6) is 28.7 Å². The number of para-hydroxylation sites is 2. The molecule has 0 saturated carbocycles. The number of aryl methyl sites for hydroxylation is 1. The summed E-state index contributed by atoms with van der Waals surface area (Å²) in [6.45, 7) is 2.11. The van der Waals surface area contributed by atoms with Crippen LogP contribution >= 0.6 is 0 Å². The fraction of sp³-hybridized carbons (Fsp3) is 0.0588. The van der Waals surface area contributed by atoms with Gasteiger partial charge in [0.05, 0.1) is 5.41 Å². The van der Waals surface area contributed by atoms with Gasteiger partial charge in [0, 0.05) is 33.0 Å². The first-order chi connectivity index (χ1) is 18.1.